The van der Waals surface area contributed by atoms with Gasteiger partial charge in [-0.05, 0) is 49.9 Å². The minimum atomic E-state index is -0.238. The van der Waals surface area contributed by atoms with Crippen LogP contribution in [0.5, 0.6) is 0 Å². The van der Waals surface area contributed by atoms with Gasteiger partial charge in [0.2, 0.25) is 0 Å². The van der Waals surface area contributed by atoms with Crippen molar-refractivity contribution in [1.29, 1.82) is 0 Å². The molecule has 0 spiro atoms. The third kappa shape index (κ3) is 5.09. The van der Waals surface area contributed by atoms with Gasteiger partial charge in [0.25, 0.3) is 0 Å². The molecule has 2 nitrogen and oxygen atoms in total. The van der Waals surface area contributed by atoms with E-state index in [1.807, 2.05) is 24.3 Å². The Morgan fingerprint density at radius 2 is 1.88 bits per heavy atom. The van der Waals surface area contributed by atoms with Gasteiger partial charge in [0, 0.05) is 10.2 Å². The van der Waals surface area contributed by atoms with Crippen LogP contribution in [0.4, 0.5) is 5.69 Å². The number of aliphatic hydroxyl groups excluding tert-OH is 1. The van der Waals surface area contributed by atoms with Crippen molar-refractivity contribution >= 4 is 21.6 Å². The zero-order valence-electron chi connectivity index (χ0n) is 10.8. The van der Waals surface area contributed by atoms with E-state index in [1.54, 1.807) is 0 Å². The highest BCUT2D eigenvalue weighted by Crippen LogP contribution is 2.23. The Balaban J connectivity index is 2.64. The summed E-state index contributed by atoms with van der Waals surface area (Å²) >= 11 is 3.41. The predicted octanol–water partition coefficient (Wildman–Crippen LogP) is 4.05. The molecule has 0 bridgehead atoms. The summed E-state index contributed by atoms with van der Waals surface area (Å²) in [5, 5.41) is 13.0. The maximum atomic E-state index is 9.54. The lowest BCUT2D eigenvalue weighted by Gasteiger charge is -2.30. The van der Waals surface area contributed by atoms with E-state index in [-0.39, 0.29) is 12.1 Å². The molecular weight excluding hydrogens is 278 g/mol. The summed E-state index contributed by atoms with van der Waals surface area (Å²) in [6.45, 7) is 6.63. The minimum absolute atomic E-state index is 0.149. The first-order valence-corrected chi connectivity index (χ1v) is 6.89. The number of hydrogen-bond donors (Lipinski definition) is 2. The largest absolute Gasteiger partial charge is 0.394 e. The minimum Gasteiger partial charge on any atom is -0.394 e. The van der Waals surface area contributed by atoms with Crippen LogP contribution < -0.4 is 5.32 Å². The molecule has 3 heteroatoms. The molecule has 1 rings (SSSR count). The SMILES string of the molecule is CC(C)CCC(C)(CO)Nc1ccc(Br)cc1. The summed E-state index contributed by atoms with van der Waals surface area (Å²) in [5.74, 6) is 0.660. The van der Waals surface area contributed by atoms with E-state index >= 15 is 0 Å². The molecule has 0 saturated heterocycles. The molecule has 0 fully saturated rings. The number of aliphatic hydroxyl groups is 1. The lowest BCUT2D eigenvalue weighted by atomic mass is 9.92. The van der Waals surface area contributed by atoms with Gasteiger partial charge in [-0.3, -0.25) is 0 Å². The van der Waals surface area contributed by atoms with E-state index in [0.29, 0.717) is 5.92 Å². The van der Waals surface area contributed by atoms with Gasteiger partial charge >= 0.3 is 0 Å². The van der Waals surface area contributed by atoms with Crippen molar-refractivity contribution in [3.05, 3.63) is 28.7 Å². The summed E-state index contributed by atoms with van der Waals surface area (Å²) in [4.78, 5) is 0. The van der Waals surface area contributed by atoms with Crippen molar-refractivity contribution in [2.24, 2.45) is 5.92 Å². The standard InChI is InChI=1S/C14H22BrNO/c1-11(2)8-9-14(3,10-17)16-13-6-4-12(15)5-7-13/h4-7,11,16-17H,8-10H2,1-3H3. The van der Waals surface area contributed by atoms with Crippen LogP contribution in [0.2, 0.25) is 0 Å². The van der Waals surface area contributed by atoms with Gasteiger partial charge in [-0.15, -0.1) is 0 Å². The number of benzene rings is 1. The quantitative estimate of drug-likeness (QED) is 0.830. The summed E-state index contributed by atoms with van der Waals surface area (Å²) < 4.78 is 1.07. The first-order valence-electron chi connectivity index (χ1n) is 6.10. The van der Waals surface area contributed by atoms with Crippen LogP contribution in [0, 0.1) is 5.92 Å². The molecule has 0 amide bonds. The molecule has 2 N–H and O–H groups in total. The average Bonchev–Trinajstić information content (AvgIpc) is 2.30. The molecule has 0 aliphatic heterocycles. The lowest BCUT2D eigenvalue weighted by molar-refractivity contribution is 0.208. The van der Waals surface area contributed by atoms with Gasteiger partial charge in [-0.2, -0.15) is 0 Å². The van der Waals surface area contributed by atoms with E-state index in [1.165, 1.54) is 0 Å². The zero-order chi connectivity index (χ0) is 12.9. The molecule has 17 heavy (non-hydrogen) atoms. The molecular formula is C14H22BrNO. The maximum Gasteiger partial charge on any atom is 0.0658 e. The Hall–Kier alpha value is -0.540. The molecule has 0 aliphatic carbocycles. The molecule has 96 valence electrons. The molecule has 1 atom stereocenters. The van der Waals surface area contributed by atoms with Crippen LogP contribution in [0.15, 0.2) is 28.7 Å². The van der Waals surface area contributed by atoms with E-state index < -0.39 is 0 Å². The van der Waals surface area contributed by atoms with Crippen LogP contribution in [-0.2, 0) is 0 Å². The highest BCUT2D eigenvalue weighted by molar-refractivity contribution is 9.10. The zero-order valence-corrected chi connectivity index (χ0v) is 12.4. The molecule has 0 aromatic heterocycles. The van der Waals surface area contributed by atoms with Crippen LogP contribution in [-0.4, -0.2) is 17.3 Å². The number of nitrogens with one attached hydrogen (secondary N) is 1. The van der Waals surface area contributed by atoms with Crippen LogP contribution in [0.3, 0.4) is 0 Å². The highest BCUT2D eigenvalue weighted by atomic mass is 79.9. The second-order valence-corrected chi connectivity index (χ2v) is 6.20. The van der Waals surface area contributed by atoms with Gasteiger partial charge in [0.05, 0.1) is 12.1 Å². The predicted molar refractivity (Wildman–Crippen MR) is 77.3 cm³/mol. The van der Waals surface area contributed by atoms with Gasteiger partial charge in [-0.1, -0.05) is 29.8 Å². The molecule has 0 saturated carbocycles. The van der Waals surface area contributed by atoms with Crippen molar-refractivity contribution in [3.63, 3.8) is 0 Å². The summed E-state index contributed by atoms with van der Waals surface area (Å²) in [7, 11) is 0. The maximum absolute atomic E-state index is 9.54. The third-order valence-corrected chi connectivity index (χ3v) is 3.44. The Morgan fingerprint density at radius 3 is 2.35 bits per heavy atom. The molecule has 1 unspecified atom stereocenters. The number of anilines is 1. The number of hydrogen-bond acceptors (Lipinski definition) is 2. The smallest absolute Gasteiger partial charge is 0.0658 e. The fraction of sp³-hybridized carbons (Fsp3) is 0.571. The van der Waals surface area contributed by atoms with Gasteiger partial charge < -0.3 is 10.4 Å². The first kappa shape index (κ1) is 14.5. The van der Waals surface area contributed by atoms with E-state index in [0.717, 1.165) is 23.0 Å². The topological polar surface area (TPSA) is 32.3 Å². The van der Waals surface area contributed by atoms with Crippen molar-refractivity contribution in [3.8, 4) is 0 Å². The monoisotopic (exact) mass is 299 g/mol. The molecule has 1 aromatic carbocycles. The van der Waals surface area contributed by atoms with Crippen LogP contribution in [0.25, 0.3) is 0 Å². The fourth-order valence-corrected chi connectivity index (χ4v) is 1.93. The van der Waals surface area contributed by atoms with Gasteiger partial charge in [-0.25, -0.2) is 0 Å². The Bertz CT molecular complexity index is 337. The second kappa shape index (κ2) is 6.41. The summed E-state index contributed by atoms with van der Waals surface area (Å²) in [6.07, 6.45) is 2.08. The van der Waals surface area contributed by atoms with E-state index in [4.69, 9.17) is 0 Å². The van der Waals surface area contributed by atoms with Gasteiger partial charge in [0.1, 0.15) is 0 Å². The van der Waals surface area contributed by atoms with Gasteiger partial charge in [0.15, 0.2) is 0 Å². The van der Waals surface area contributed by atoms with E-state index in [2.05, 4.69) is 42.0 Å². The molecule has 0 heterocycles. The third-order valence-electron chi connectivity index (χ3n) is 2.91. The molecule has 1 aromatic rings. The molecule has 0 radical (unpaired) electrons. The number of rotatable bonds is 6. The molecule has 0 aliphatic rings. The summed E-state index contributed by atoms with van der Waals surface area (Å²) in [5.41, 5.74) is 0.812. The van der Waals surface area contributed by atoms with E-state index in [9.17, 15) is 5.11 Å². The average molecular weight is 300 g/mol. The first-order chi connectivity index (χ1) is 7.95. The fourth-order valence-electron chi connectivity index (χ4n) is 1.67. The Kier molecular flexibility index (Phi) is 5.47. The van der Waals surface area contributed by atoms with Crippen molar-refractivity contribution < 1.29 is 5.11 Å². The second-order valence-electron chi connectivity index (χ2n) is 5.28. The lowest BCUT2D eigenvalue weighted by Crippen LogP contribution is -2.39. The van der Waals surface area contributed by atoms with Crippen molar-refractivity contribution in [1.82, 2.24) is 0 Å². The summed E-state index contributed by atoms with van der Waals surface area (Å²) in [6, 6.07) is 8.05. The highest BCUT2D eigenvalue weighted by Gasteiger charge is 2.22. The van der Waals surface area contributed by atoms with Crippen molar-refractivity contribution in [2.45, 2.75) is 39.2 Å². The number of halogens is 1. The Labute approximate surface area is 113 Å². The van der Waals surface area contributed by atoms with Crippen LogP contribution >= 0.6 is 15.9 Å². The normalized spacial score (nSPS) is 14.7. The van der Waals surface area contributed by atoms with Crippen LogP contribution in [0.1, 0.15) is 33.6 Å². The Morgan fingerprint density at radius 1 is 1.29 bits per heavy atom. The van der Waals surface area contributed by atoms with Crippen molar-refractivity contribution in [2.75, 3.05) is 11.9 Å².